The molecule has 1 radical (unpaired) electrons. The van der Waals surface area contributed by atoms with Crippen LogP contribution >= 0.6 is 11.3 Å². The first-order chi connectivity index (χ1) is 7.43. The molecule has 0 saturated carbocycles. The highest BCUT2D eigenvalue weighted by Crippen LogP contribution is 2.32. The summed E-state index contributed by atoms with van der Waals surface area (Å²) in [5.41, 5.74) is 1.27. The lowest BCUT2D eigenvalue weighted by atomic mass is 10.2. The third-order valence-electron chi connectivity index (χ3n) is 2.43. The lowest BCUT2D eigenvalue weighted by molar-refractivity contribution is 1.69. The summed E-state index contributed by atoms with van der Waals surface area (Å²) >= 11 is 1.84. The zero-order valence-corrected chi connectivity index (χ0v) is 8.92. The number of hydrogen-bond acceptors (Lipinski definition) is 1. The van der Waals surface area contributed by atoms with Crippen LogP contribution in [0.1, 0.15) is 0 Å². The van der Waals surface area contributed by atoms with Gasteiger partial charge < -0.3 is 0 Å². The molecule has 0 aliphatic carbocycles. The van der Waals surface area contributed by atoms with Crippen molar-refractivity contribution < 1.29 is 0 Å². The Kier molecular flexibility index (Phi) is 2.04. The molecule has 0 atom stereocenters. The van der Waals surface area contributed by atoms with E-state index in [4.69, 9.17) is 0 Å². The van der Waals surface area contributed by atoms with Crippen LogP contribution in [0.15, 0.2) is 54.6 Å². The van der Waals surface area contributed by atoms with Gasteiger partial charge in [0.05, 0.1) is 0 Å². The minimum atomic E-state index is 1.27. The predicted octanol–water partition coefficient (Wildman–Crippen LogP) is 4.37. The first-order valence-electron chi connectivity index (χ1n) is 4.88. The first-order valence-corrected chi connectivity index (χ1v) is 5.70. The van der Waals surface area contributed by atoms with Crippen LogP contribution in [0, 0.1) is 6.07 Å². The molecule has 0 unspecified atom stereocenters. The van der Waals surface area contributed by atoms with Gasteiger partial charge in [-0.25, -0.2) is 0 Å². The normalized spacial score (nSPS) is 10.7. The molecule has 71 valence electrons. The van der Waals surface area contributed by atoms with Gasteiger partial charge in [-0.2, -0.15) is 0 Å². The van der Waals surface area contributed by atoms with Crippen molar-refractivity contribution in [2.45, 2.75) is 0 Å². The van der Waals surface area contributed by atoms with Crippen molar-refractivity contribution in [3.63, 3.8) is 0 Å². The second-order valence-electron chi connectivity index (χ2n) is 3.44. The summed E-state index contributed by atoms with van der Waals surface area (Å²) in [6.45, 7) is 0. The molecule has 0 fully saturated rings. The highest BCUT2D eigenvalue weighted by molar-refractivity contribution is 7.22. The SMILES string of the molecule is [c]1ccc(-c2cc3ccccc3s2)cc1. The van der Waals surface area contributed by atoms with Crippen LogP contribution in [0.4, 0.5) is 0 Å². The fourth-order valence-corrected chi connectivity index (χ4v) is 2.74. The summed E-state index contributed by atoms with van der Waals surface area (Å²) in [5, 5.41) is 1.32. The smallest absolute Gasteiger partial charge is 0.0355 e. The molecule has 0 aliphatic heterocycles. The van der Waals surface area contributed by atoms with Gasteiger partial charge in [-0.3, -0.25) is 0 Å². The standard InChI is InChI=1S/C14H9S/c1-2-6-11(7-3-1)14-10-12-8-4-5-9-13(12)15-14/h2-10H. The number of hydrogen-bond donors (Lipinski definition) is 0. The maximum Gasteiger partial charge on any atom is 0.0355 e. The number of rotatable bonds is 1. The highest BCUT2D eigenvalue weighted by atomic mass is 32.1. The van der Waals surface area contributed by atoms with Gasteiger partial charge >= 0.3 is 0 Å². The van der Waals surface area contributed by atoms with E-state index in [2.05, 4.69) is 48.5 Å². The Morgan fingerprint density at radius 3 is 2.53 bits per heavy atom. The quantitative estimate of drug-likeness (QED) is 0.558. The Balaban J connectivity index is 2.21. The molecule has 0 N–H and O–H groups in total. The van der Waals surface area contributed by atoms with Gasteiger partial charge in [0.25, 0.3) is 0 Å². The minimum absolute atomic E-state index is 1.27. The van der Waals surface area contributed by atoms with E-state index in [0.717, 1.165) is 0 Å². The van der Waals surface area contributed by atoms with Gasteiger partial charge in [-0.15, -0.1) is 11.3 Å². The van der Waals surface area contributed by atoms with Crippen LogP contribution in [0.3, 0.4) is 0 Å². The van der Waals surface area contributed by atoms with Crippen molar-refractivity contribution >= 4 is 21.4 Å². The molecule has 1 heterocycles. The summed E-state index contributed by atoms with van der Waals surface area (Å²) in [6, 6.07) is 21.9. The van der Waals surface area contributed by atoms with Crippen LogP contribution in [0.5, 0.6) is 0 Å². The van der Waals surface area contributed by atoms with E-state index in [1.54, 1.807) is 0 Å². The number of fused-ring (bicyclic) bond motifs is 1. The zero-order valence-electron chi connectivity index (χ0n) is 8.10. The third kappa shape index (κ3) is 1.55. The van der Waals surface area contributed by atoms with Gasteiger partial charge in [0, 0.05) is 9.58 Å². The molecule has 15 heavy (non-hydrogen) atoms. The Hall–Kier alpha value is -1.60. The molecule has 0 nitrogen and oxygen atoms in total. The predicted molar refractivity (Wildman–Crippen MR) is 66.1 cm³/mol. The lowest BCUT2D eigenvalue weighted by Crippen LogP contribution is -1.68. The Morgan fingerprint density at radius 1 is 0.933 bits per heavy atom. The fourth-order valence-electron chi connectivity index (χ4n) is 1.68. The molecule has 3 aromatic rings. The molecule has 0 aliphatic rings. The third-order valence-corrected chi connectivity index (χ3v) is 3.59. The fraction of sp³-hybridized carbons (Fsp3) is 0. The van der Waals surface area contributed by atoms with Gasteiger partial charge in [0.2, 0.25) is 0 Å². The van der Waals surface area contributed by atoms with Crippen LogP contribution in [-0.4, -0.2) is 0 Å². The molecule has 1 heteroatoms. The second-order valence-corrected chi connectivity index (χ2v) is 4.52. The van der Waals surface area contributed by atoms with E-state index >= 15 is 0 Å². The number of thiophene rings is 1. The number of benzene rings is 2. The highest BCUT2D eigenvalue weighted by Gasteiger charge is 2.02. The van der Waals surface area contributed by atoms with Crippen molar-refractivity contribution in [1.29, 1.82) is 0 Å². The summed E-state index contributed by atoms with van der Waals surface area (Å²) < 4.78 is 1.35. The summed E-state index contributed by atoms with van der Waals surface area (Å²) in [5.74, 6) is 0. The first kappa shape index (κ1) is 8.69. The van der Waals surface area contributed by atoms with Crippen molar-refractivity contribution in [3.8, 4) is 10.4 Å². The average molecular weight is 209 g/mol. The average Bonchev–Trinajstić information content (AvgIpc) is 2.74. The molecule has 0 saturated heterocycles. The van der Waals surface area contributed by atoms with Gasteiger partial charge in [0.15, 0.2) is 0 Å². The van der Waals surface area contributed by atoms with Crippen molar-refractivity contribution in [3.05, 3.63) is 60.7 Å². The molecule has 1 aromatic heterocycles. The van der Waals surface area contributed by atoms with E-state index in [0.29, 0.717) is 0 Å². The lowest BCUT2D eigenvalue weighted by Gasteiger charge is -1.93. The summed E-state index contributed by atoms with van der Waals surface area (Å²) in [6.07, 6.45) is 0. The van der Waals surface area contributed by atoms with E-state index in [1.165, 1.54) is 20.5 Å². The molecule has 0 spiro atoms. The van der Waals surface area contributed by atoms with Crippen molar-refractivity contribution in [2.24, 2.45) is 0 Å². The van der Waals surface area contributed by atoms with Crippen LogP contribution in [-0.2, 0) is 0 Å². The van der Waals surface area contributed by atoms with Crippen LogP contribution in [0.2, 0.25) is 0 Å². The Bertz CT molecular complexity index is 545. The van der Waals surface area contributed by atoms with E-state index in [9.17, 15) is 0 Å². The Morgan fingerprint density at radius 2 is 1.73 bits per heavy atom. The zero-order chi connectivity index (χ0) is 10.1. The van der Waals surface area contributed by atoms with Gasteiger partial charge in [0.1, 0.15) is 0 Å². The van der Waals surface area contributed by atoms with E-state index < -0.39 is 0 Å². The van der Waals surface area contributed by atoms with Crippen LogP contribution in [0.25, 0.3) is 20.5 Å². The minimum Gasteiger partial charge on any atom is -0.135 e. The maximum atomic E-state index is 3.04. The Labute approximate surface area is 92.8 Å². The second kappa shape index (κ2) is 3.52. The van der Waals surface area contributed by atoms with Gasteiger partial charge in [-0.1, -0.05) is 42.5 Å². The largest absolute Gasteiger partial charge is 0.135 e. The van der Waals surface area contributed by atoms with Gasteiger partial charge in [-0.05, 0) is 29.1 Å². The molecular formula is C14H9S. The summed E-state index contributed by atoms with van der Waals surface area (Å²) in [7, 11) is 0. The van der Waals surface area contributed by atoms with E-state index in [-0.39, 0.29) is 0 Å². The molecule has 2 aromatic carbocycles. The van der Waals surface area contributed by atoms with E-state index in [1.807, 2.05) is 23.5 Å². The molecule has 3 rings (SSSR count). The monoisotopic (exact) mass is 209 g/mol. The maximum absolute atomic E-state index is 3.04. The van der Waals surface area contributed by atoms with Crippen molar-refractivity contribution in [1.82, 2.24) is 0 Å². The van der Waals surface area contributed by atoms with Crippen LogP contribution < -0.4 is 0 Å². The summed E-state index contributed by atoms with van der Waals surface area (Å²) in [4.78, 5) is 1.32. The molecular weight excluding hydrogens is 200 g/mol. The molecule has 0 bridgehead atoms. The molecule has 0 amide bonds. The van der Waals surface area contributed by atoms with Crippen molar-refractivity contribution in [2.75, 3.05) is 0 Å². The topological polar surface area (TPSA) is 0 Å².